The standard InChI is InChI=1S/C35H43ClN6O3/c36-27-12-13-30-26(19-27)11-10-25-7-4-14-38-32(25)33(30)40-16-17-42(35(44)45-29-8-2-1-3-9-29)31(22-40)34(43)41-15-5-6-24(21-41)18-28-20-37-23-39-28/h4,7,12-14,19-20,23-24,29,31,33H,1-3,5-6,8-11,15-18,21-22H2,(H,37,39)/t24-,31-,33?/m1/s1. The fourth-order valence-electron chi connectivity index (χ4n) is 7.96. The molecule has 2 saturated heterocycles. The van der Waals surface area contributed by atoms with Gasteiger partial charge >= 0.3 is 6.09 Å². The molecule has 2 aliphatic heterocycles. The van der Waals surface area contributed by atoms with E-state index in [1.165, 1.54) is 23.1 Å². The number of halogens is 1. The smallest absolute Gasteiger partial charge is 0.410 e. The van der Waals surface area contributed by atoms with Gasteiger partial charge in [-0.05, 0) is 98.6 Å². The Hall–Kier alpha value is -3.43. The number of carbonyl (C=O) groups is 2. The van der Waals surface area contributed by atoms with Crippen molar-refractivity contribution in [1.29, 1.82) is 0 Å². The molecule has 45 heavy (non-hydrogen) atoms. The number of hydrogen-bond acceptors (Lipinski definition) is 6. The van der Waals surface area contributed by atoms with Crippen LogP contribution in [-0.2, 0) is 28.8 Å². The van der Waals surface area contributed by atoms with Crippen molar-refractivity contribution in [3.8, 4) is 0 Å². The van der Waals surface area contributed by atoms with Crippen molar-refractivity contribution in [3.63, 3.8) is 0 Å². The predicted molar refractivity (Wildman–Crippen MR) is 172 cm³/mol. The fourth-order valence-corrected chi connectivity index (χ4v) is 8.16. The van der Waals surface area contributed by atoms with Crippen LogP contribution < -0.4 is 0 Å². The SMILES string of the molecule is O=C([C@H]1CN(C2c3ccc(Cl)cc3CCc3cccnc32)CCN1C(=O)OC1CCCCC1)N1CCC[C@H](Cc2cnc[nH]2)C1. The third kappa shape index (κ3) is 6.61. The van der Waals surface area contributed by atoms with Crippen LogP contribution >= 0.6 is 11.6 Å². The van der Waals surface area contributed by atoms with Crippen LogP contribution in [0.2, 0.25) is 5.02 Å². The van der Waals surface area contributed by atoms with Crippen LogP contribution in [0.3, 0.4) is 0 Å². The van der Waals surface area contributed by atoms with Gasteiger partial charge in [-0.1, -0.05) is 30.2 Å². The molecule has 9 nitrogen and oxygen atoms in total. The minimum atomic E-state index is -0.632. The van der Waals surface area contributed by atoms with Gasteiger partial charge in [-0.15, -0.1) is 0 Å². The number of amides is 2. The Kier molecular flexibility index (Phi) is 9.08. The van der Waals surface area contributed by atoms with Gasteiger partial charge in [-0.3, -0.25) is 19.6 Å². The second kappa shape index (κ2) is 13.5. The third-order valence-corrected chi connectivity index (χ3v) is 10.5. The summed E-state index contributed by atoms with van der Waals surface area (Å²) in [5.74, 6) is 0.362. The molecule has 2 aromatic heterocycles. The molecule has 3 aromatic rings. The highest BCUT2D eigenvalue weighted by Crippen LogP contribution is 2.38. The number of aromatic nitrogens is 3. The lowest BCUT2D eigenvalue weighted by Crippen LogP contribution is -2.62. The van der Waals surface area contributed by atoms with Gasteiger partial charge in [-0.2, -0.15) is 0 Å². The normalized spacial score (nSPS) is 24.4. The molecule has 4 aliphatic rings. The van der Waals surface area contributed by atoms with Crippen molar-refractivity contribution in [2.24, 2.45) is 5.92 Å². The molecule has 0 spiro atoms. The molecule has 238 valence electrons. The number of H-pyrrole nitrogens is 1. The minimum Gasteiger partial charge on any atom is -0.446 e. The summed E-state index contributed by atoms with van der Waals surface area (Å²) in [5, 5.41) is 0.726. The maximum absolute atomic E-state index is 14.5. The van der Waals surface area contributed by atoms with E-state index >= 15 is 0 Å². The molecule has 7 rings (SSSR count). The number of piperazine rings is 1. The first-order valence-corrected chi connectivity index (χ1v) is 17.1. The number of pyridine rings is 1. The number of fused-ring (bicyclic) bond motifs is 2. The topological polar surface area (TPSA) is 94.7 Å². The molecular weight excluding hydrogens is 588 g/mol. The second-order valence-corrected chi connectivity index (χ2v) is 13.7. The highest BCUT2D eigenvalue weighted by atomic mass is 35.5. The van der Waals surface area contributed by atoms with Gasteiger partial charge in [0.15, 0.2) is 0 Å². The van der Waals surface area contributed by atoms with Crippen molar-refractivity contribution in [1.82, 2.24) is 29.7 Å². The summed E-state index contributed by atoms with van der Waals surface area (Å²) in [6.45, 7) is 2.84. The summed E-state index contributed by atoms with van der Waals surface area (Å²) < 4.78 is 6.08. The van der Waals surface area contributed by atoms with Crippen molar-refractivity contribution < 1.29 is 14.3 Å². The van der Waals surface area contributed by atoms with Crippen molar-refractivity contribution in [2.75, 3.05) is 32.7 Å². The average molecular weight is 631 g/mol. The highest BCUT2D eigenvalue weighted by Gasteiger charge is 2.43. The highest BCUT2D eigenvalue weighted by molar-refractivity contribution is 6.30. The van der Waals surface area contributed by atoms with Gasteiger partial charge in [0, 0.05) is 55.8 Å². The lowest BCUT2D eigenvalue weighted by Gasteiger charge is -2.45. The number of benzene rings is 1. The van der Waals surface area contributed by atoms with Gasteiger partial charge in [0.05, 0.1) is 18.1 Å². The molecule has 3 fully saturated rings. The summed E-state index contributed by atoms with van der Waals surface area (Å²) in [5.41, 5.74) is 5.73. The van der Waals surface area contributed by atoms with Crippen LogP contribution in [0.1, 0.15) is 79.1 Å². The molecule has 3 atom stereocenters. The zero-order valence-corrected chi connectivity index (χ0v) is 26.6. The summed E-state index contributed by atoms with van der Waals surface area (Å²) in [6.07, 6.45) is 14.8. The van der Waals surface area contributed by atoms with Gasteiger partial charge in [0.2, 0.25) is 5.91 Å². The first-order valence-electron chi connectivity index (χ1n) is 16.7. The number of nitrogens with one attached hydrogen (secondary N) is 1. The van der Waals surface area contributed by atoms with Crippen LogP contribution in [0.25, 0.3) is 0 Å². The first-order chi connectivity index (χ1) is 22.0. The molecule has 1 saturated carbocycles. The monoisotopic (exact) mass is 630 g/mol. The van der Waals surface area contributed by atoms with Crippen molar-refractivity contribution in [2.45, 2.75) is 82.4 Å². The van der Waals surface area contributed by atoms with Crippen LogP contribution in [0.15, 0.2) is 49.1 Å². The Morgan fingerprint density at radius 3 is 2.69 bits per heavy atom. The van der Waals surface area contributed by atoms with Crippen molar-refractivity contribution in [3.05, 3.63) is 82.2 Å². The minimum absolute atomic E-state index is 0.0146. The maximum atomic E-state index is 14.5. The van der Waals surface area contributed by atoms with E-state index in [-0.39, 0.29) is 24.1 Å². The quantitative estimate of drug-likeness (QED) is 0.395. The third-order valence-electron chi connectivity index (χ3n) is 10.3. The Morgan fingerprint density at radius 2 is 1.84 bits per heavy atom. The number of ether oxygens (including phenoxy) is 1. The number of aromatic amines is 1. The number of rotatable bonds is 5. The van der Waals surface area contributed by atoms with Gasteiger partial charge in [0.1, 0.15) is 12.1 Å². The number of aryl methyl sites for hydroxylation is 2. The molecule has 1 unspecified atom stereocenters. The van der Waals surface area contributed by atoms with Gasteiger partial charge in [-0.25, -0.2) is 9.78 Å². The summed E-state index contributed by atoms with van der Waals surface area (Å²) in [4.78, 5) is 46.7. The van der Waals surface area contributed by atoms with E-state index in [1.54, 1.807) is 11.2 Å². The Balaban J connectivity index is 1.18. The van der Waals surface area contributed by atoms with Gasteiger partial charge < -0.3 is 14.6 Å². The lowest BCUT2D eigenvalue weighted by molar-refractivity contribution is -0.141. The largest absolute Gasteiger partial charge is 0.446 e. The number of imidazole rings is 1. The first kappa shape index (κ1) is 30.2. The molecule has 10 heteroatoms. The van der Waals surface area contributed by atoms with E-state index in [2.05, 4.69) is 33.1 Å². The zero-order chi connectivity index (χ0) is 30.8. The van der Waals surface area contributed by atoms with E-state index < -0.39 is 6.04 Å². The maximum Gasteiger partial charge on any atom is 0.410 e. The predicted octanol–water partition coefficient (Wildman–Crippen LogP) is 5.58. The lowest BCUT2D eigenvalue weighted by atomic mass is 9.92. The summed E-state index contributed by atoms with van der Waals surface area (Å²) >= 11 is 6.47. The number of carbonyl (C=O) groups excluding carboxylic acids is 2. The molecule has 2 amide bonds. The molecule has 2 aliphatic carbocycles. The molecule has 4 heterocycles. The van der Waals surface area contributed by atoms with Crippen molar-refractivity contribution >= 4 is 23.6 Å². The Morgan fingerprint density at radius 1 is 0.978 bits per heavy atom. The van der Waals surface area contributed by atoms with E-state index in [0.717, 1.165) is 74.2 Å². The summed E-state index contributed by atoms with van der Waals surface area (Å²) in [6, 6.07) is 9.55. The molecule has 0 radical (unpaired) electrons. The van der Waals surface area contributed by atoms with Crippen LogP contribution in [0.5, 0.6) is 0 Å². The van der Waals surface area contributed by atoms with Gasteiger partial charge in [0.25, 0.3) is 0 Å². The van der Waals surface area contributed by atoms with E-state index in [9.17, 15) is 9.59 Å². The van der Waals surface area contributed by atoms with E-state index in [0.29, 0.717) is 38.6 Å². The van der Waals surface area contributed by atoms with E-state index in [4.69, 9.17) is 21.3 Å². The number of piperidine rings is 1. The van der Waals surface area contributed by atoms with E-state index in [1.807, 2.05) is 29.4 Å². The Labute approximate surface area is 270 Å². The van der Waals surface area contributed by atoms with Crippen LogP contribution in [-0.4, -0.2) is 86.5 Å². The number of hydrogen-bond donors (Lipinski definition) is 1. The Bertz CT molecular complexity index is 1490. The molecular formula is C35H43ClN6O3. The number of nitrogens with zero attached hydrogens (tertiary/aromatic N) is 5. The second-order valence-electron chi connectivity index (χ2n) is 13.2. The molecule has 1 aromatic carbocycles. The van der Waals surface area contributed by atoms with Crippen LogP contribution in [0, 0.1) is 5.92 Å². The molecule has 1 N–H and O–H groups in total. The molecule has 0 bridgehead atoms. The average Bonchev–Trinajstić information content (AvgIpc) is 3.52. The van der Waals surface area contributed by atoms with Crippen LogP contribution in [0.4, 0.5) is 4.79 Å². The summed E-state index contributed by atoms with van der Waals surface area (Å²) in [7, 11) is 0. The zero-order valence-electron chi connectivity index (χ0n) is 25.9. The fraction of sp³-hybridized carbons (Fsp3) is 0.543. The number of likely N-dealkylation sites (tertiary alicyclic amines) is 1.